The molecule has 0 radical (unpaired) electrons. The number of thiazole rings is 1. The quantitative estimate of drug-likeness (QED) is 0.931. The second-order valence-corrected chi connectivity index (χ2v) is 5.81. The van der Waals surface area contributed by atoms with Gasteiger partial charge < -0.3 is 5.32 Å². The molecule has 0 aliphatic heterocycles. The maximum absolute atomic E-state index is 12.8. The van der Waals surface area contributed by atoms with Gasteiger partial charge in [-0.05, 0) is 30.5 Å². The van der Waals surface area contributed by atoms with Gasteiger partial charge in [0.05, 0.1) is 0 Å². The first-order valence-corrected chi connectivity index (χ1v) is 7.02. The number of hydrogen-bond donors (Lipinski definition) is 1. The summed E-state index contributed by atoms with van der Waals surface area (Å²) in [4.78, 5) is 16.8. The van der Waals surface area contributed by atoms with Crippen molar-refractivity contribution < 1.29 is 9.18 Å². The van der Waals surface area contributed by atoms with Gasteiger partial charge in [-0.25, -0.2) is 9.37 Å². The van der Waals surface area contributed by atoms with Crippen LogP contribution in [0.4, 0.5) is 9.52 Å². The molecule has 1 fully saturated rings. The van der Waals surface area contributed by atoms with Crippen molar-refractivity contribution in [1.82, 2.24) is 4.98 Å². The van der Waals surface area contributed by atoms with Crippen molar-refractivity contribution in [3.8, 4) is 0 Å². The van der Waals surface area contributed by atoms with Crippen LogP contribution in [-0.4, -0.2) is 10.9 Å². The van der Waals surface area contributed by atoms with E-state index >= 15 is 0 Å². The van der Waals surface area contributed by atoms with Crippen LogP contribution in [0.15, 0.2) is 30.5 Å². The van der Waals surface area contributed by atoms with E-state index in [4.69, 9.17) is 0 Å². The third kappa shape index (κ3) is 3.17. The predicted molar refractivity (Wildman–Crippen MR) is 72.7 cm³/mol. The van der Waals surface area contributed by atoms with E-state index in [0.717, 1.165) is 23.3 Å². The van der Waals surface area contributed by atoms with Gasteiger partial charge >= 0.3 is 0 Å². The van der Waals surface area contributed by atoms with Crippen LogP contribution in [0.2, 0.25) is 0 Å². The number of carbonyl (C=O) groups is 1. The highest BCUT2D eigenvalue weighted by molar-refractivity contribution is 7.15. The number of rotatable bonds is 4. The van der Waals surface area contributed by atoms with Crippen molar-refractivity contribution in [3.63, 3.8) is 0 Å². The summed E-state index contributed by atoms with van der Waals surface area (Å²) in [7, 11) is 0. The maximum Gasteiger partial charge on any atom is 0.229 e. The first kappa shape index (κ1) is 12.3. The summed E-state index contributed by atoms with van der Waals surface area (Å²) in [6.07, 6.45) is 4.44. The Hall–Kier alpha value is -1.75. The van der Waals surface area contributed by atoms with E-state index < -0.39 is 0 Å². The molecule has 1 heterocycles. The Morgan fingerprint density at radius 1 is 1.37 bits per heavy atom. The number of benzene rings is 1. The van der Waals surface area contributed by atoms with E-state index in [0.29, 0.717) is 11.6 Å². The minimum atomic E-state index is -0.231. The predicted octanol–water partition coefficient (Wildman–Crippen LogP) is 3.22. The SMILES string of the molecule is O=C(Nc1ncc(Cc2ccc(F)cc2)s1)C1CC1. The number of aromatic nitrogens is 1. The van der Waals surface area contributed by atoms with Crippen molar-refractivity contribution in [2.75, 3.05) is 5.32 Å². The van der Waals surface area contributed by atoms with E-state index in [-0.39, 0.29) is 17.6 Å². The topological polar surface area (TPSA) is 42.0 Å². The van der Waals surface area contributed by atoms with Gasteiger partial charge in [-0.1, -0.05) is 12.1 Å². The maximum atomic E-state index is 12.8. The third-order valence-electron chi connectivity index (χ3n) is 3.02. The number of nitrogens with one attached hydrogen (secondary N) is 1. The molecule has 3 nitrogen and oxygen atoms in total. The van der Waals surface area contributed by atoms with E-state index in [1.165, 1.54) is 23.5 Å². The molecule has 5 heteroatoms. The molecule has 1 amide bonds. The van der Waals surface area contributed by atoms with Crippen molar-refractivity contribution in [2.24, 2.45) is 5.92 Å². The normalized spacial score (nSPS) is 14.4. The van der Waals surface area contributed by atoms with Crippen LogP contribution in [0, 0.1) is 11.7 Å². The summed E-state index contributed by atoms with van der Waals surface area (Å²) in [6.45, 7) is 0. The van der Waals surface area contributed by atoms with Gasteiger partial charge in [0.1, 0.15) is 5.82 Å². The Morgan fingerprint density at radius 2 is 2.11 bits per heavy atom. The molecule has 0 atom stereocenters. The van der Waals surface area contributed by atoms with Crippen LogP contribution in [-0.2, 0) is 11.2 Å². The molecule has 0 unspecified atom stereocenters. The average Bonchev–Trinajstić information content (AvgIpc) is 3.16. The second kappa shape index (κ2) is 5.09. The average molecular weight is 276 g/mol. The molecule has 0 spiro atoms. The zero-order chi connectivity index (χ0) is 13.2. The molecule has 0 saturated heterocycles. The van der Waals surface area contributed by atoms with Crippen LogP contribution >= 0.6 is 11.3 Å². The number of hydrogen-bond acceptors (Lipinski definition) is 3. The molecule has 1 saturated carbocycles. The Bertz CT molecular complexity index is 590. The van der Waals surface area contributed by atoms with Gasteiger partial charge in [-0.3, -0.25) is 4.79 Å². The van der Waals surface area contributed by atoms with E-state index in [1.54, 1.807) is 18.3 Å². The Labute approximate surface area is 114 Å². The molecule has 1 N–H and O–H groups in total. The van der Waals surface area contributed by atoms with Crippen molar-refractivity contribution >= 4 is 22.4 Å². The molecule has 98 valence electrons. The summed E-state index contributed by atoms with van der Waals surface area (Å²) in [5, 5.41) is 3.47. The molecular formula is C14H13FN2OS. The zero-order valence-electron chi connectivity index (χ0n) is 10.2. The van der Waals surface area contributed by atoms with Crippen LogP contribution in [0.3, 0.4) is 0 Å². The van der Waals surface area contributed by atoms with Gasteiger partial charge in [0.15, 0.2) is 5.13 Å². The van der Waals surface area contributed by atoms with Crippen LogP contribution in [0.25, 0.3) is 0 Å². The second-order valence-electron chi connectivity index (χ2n) is 4.70. The Balaban J connectivity index is 1.64. The van der Waals surface area contributed by atoms with Crippen molar-refractivity contribution in [2.45, 2.75) is 19.3 Å². The first-order valence-electron chi connectivity index (χ1n) is 6.21. The molecule has 1 aliphatic carbocycles. The van der Waals surface area contributed by atoms with Crippen molar-refractivity contribution in [1.29, 1.82) is 0 Å². The highest BCUT2D eigenvalue weighted by atomic mass is 32.1. The van der Waals surface area contributed by atoms with Crippen molar-refractivity contribution in [3.05, 3.63) is 46.7 Å². The number of halogens is 1. The molecule has 1 aliphatic rings. The lowest BCUT2D eigenvalue weighted by molar-refractivity contribution is -0.117. The molecule has 0 bridgehead atoms. The van der Waals surface area contributed by atoms with Gasteiger partial charge in [-0.2, -0.15) is 0 Å². The highest BCUT2D eigenvalue weighted by Gasteiger charge is 2.30. The number of anilines is 1. The fourth-order valence-electron chi connectivity index (χ4n) is 1.80. The van der Waals surface area contributed by atoms with Gasteiger partial charge in [0.2, 0.25) is 5.91 Å². The van der Waals surface area contributed by atoms with Crippen LogP contribution in [0.1, 0.15) is 23.3 Å². The first-order chi connectivity index (χ1) is 9.20. The molecule has 2 aromatic rings. The van der Waals surface area contributed by atoms with E-state index in [9.17, 15) is 9.18 Å². The summed E-state index contributed by atoms with van der Waals surface area (Å²) in [6, 6.07) is 6.42. The minimum absolute atomic E-state index is 0.0719. The summed E-state index contributed by atoms with van der Waals surface area (Å²) >= 11 is 1.47. The number of amides is 1. The lowest BCUT2D eigenvalue weighted by Crippen LogP contribution is -2.12. The summed E-state index contributed by atoms with van der Waals surface area (Å²) in [5.74, 6) is 0.0255. The number of nitrogens with zero attached hydrogens (tertiary/aromatic N) is 1. The lowest BCUT2D eigenvalue weighted by atomic mass is 10.1. The van der Waals surface area contributed by atoms with Crippen LogP contribution in [0.5, 0.6) is 0 Å². The standard InChI is InChI=1S/C14H13FN2OS/c15-11-5-1-9(2-6-11)7-12-8-16-14(19-12)17-13(18)10-3-4-10/h1-2,5-6,8,10H,3-4,7H2,(H,16,17,18). The van der Waals surface area contributed by atoms with Crippen LogP contribution < -0.4 is 5.32 Å². The van der Waals surface area contributed by atoms with Gasteiger partial charge in [0.25, 0.3) is 0 Å². The number of carbonyl (C=O) groups excluding carboxylic acids is 1. The zero-order valence-corrected chi connectivity index (χ0v) is 11.0. The van der Waals surface area contributed by atoms with E-state index in [1.807, 2.05) is 0 Å². The minimum Gasteiger partial charge on any atom is -0.302 e. The van der Waals surface area contributed by atoms with Gasteiger partial charge in [-0.15, -0.1) is 11.3 Å². The third-order valence-corrected chi connectivity index (χ3v) is 3.94. The molecule has 1 aromatic heterocycles. The lowest BCUT2D eigenvalue weighted by Gasteiger charge is -1.98. The molecule has 19 heavy (non-hydrogen) atoms. The largest absolute Gasteiger partial charge is 0.302 e. The Kier molecular flexibility index (Phi) is 3.29. The molecule has 1 aromatic carbocycles. The summed E-state index contributed by atoms with van der Waals surface area (Å²) in [5.41, 5.74) is 1.03. The monoisotopic (exact) mass is 276 g/mol. The summed E-state index contributed by atoms with van der Waals surface area (Å²) < 4.78 is 12.8. The fourth-order valence-corrected chi connectivity index (χ4v) is 2.65. The molecule has 3 rings (SSSR count). The highest BCUT2D eigenvalue weighted by Crippen LogP contribution is 2.31. The molecular weight excluding hydrogens is 263 g/mol. The smallest absolute Gasteiger partial charge is 0.229 e. The Morgan fingerprint density at radius 3 is 2.79 bits per heavy atom. The fraction of sp³-hybridized carbons (Fsp3) is 0.286. The van der Waals surface area contributed by atoms with Gasteiger partial charge in [0, 0.05) is 23.4 Å². The van der Waals surface area contributed by atoms with E-state index in [2.05, 4.69) is 10.3 Å².